The minimum Gasteiger partial charge on any atom is -0.478 e. The third-order valence-corrected chi connectivity index (χ3v) is 4.95. The minimum atomic E-state index is -0.971. The summed E-state index contributed by atoms with van der Waals surface area (Å²) >= 11 is 1.82. The van der Waals surface area contributed by atoms with E-state index < -0.39 is 12.0 Å². The molecule has 4 nitrogen and oxygen atoms in total. The van der Waals surface area contributed by atoms with E-state index in [4.69, 9.17) is 0 Å². The second-order valence-electron chi connectivity index (χ2n) is 4.99. The quantitative estimate of drug-likeness (QED) is 0.797. The van der Waals surface area contributed by atoms with E-state index in [2.05, 4.69) is 18.7 Å². The van der Waals surface area contributed by atoms with Crippen LogP contribution in [0.15, 0.2) is 29.4 Å². The molecule has 1 fully saturated rings. The topological polar surface area (TPSA) is 57.6 Å². The highest BCUT2D eigenvalue weighted by Gasteiger charge is 2.39. The highest BCUT2D eigenvalue weighted by atomic mass is 32.2. The summed E-state index contributed by atoms with van der Waals surface area (Å²) in [6, 6.07) is -0.470. The molecule has 0 bridgehead atoms. The number of allylic oxidation sites excluding steroid dienone is 2. The molecule has 1 heterocycles. The van der Waals surface area contributed by atoms with Crippen molar-refractivity contribution in [1.29, 1.82) is 0 Å². The van der Waals surface area contributed by atoms with Crippen molar-refractivity contribution in [2.75, 3.05) is 12.3 Å². The maximum atomic E-state index is 11.4. The Bertz CT molecular complexity index is 489. The summed E-state index contributed by atoms with van der Waals surface area (Å²) in [7, 11) is 0. The first-order chi connectivity index (χ1) is 9.06. The van der Waals surface area contributed by atoms with Gasteiger partial charge in [-0.15, -0.1) is 11.8 Å². The first-order valence-electron chi connectivity index (χ1n) is 6.30. The molecule has 0 aromatic carbocycles. The van der Waals surface area contributed by atoms with Gasteiger partial charge in [-0.2, -0.15) is 0 Å². The molecule has 2 atom stereocenters. The fourth-order valence-corrected chi connectivity index (χ4v) is 3.96. The summed E-state index contributed by atoms with van der Waals surface area (Å²) in [5.41, 5.74) is 0.669. The monoisotopic (exact) mass is 279 g/mol. The van der Waals surface area contributed by atoms with Gasteiger partial charge in [0, 0.05) is 12.3 Å². The van der Waals surface area contributed by atoms with Gasteiger partial charge in [-0.05, 0) is 18.1 Å². The third-order valence-electron chi connectivity index (χ3n) is 3.37. The maximum absolute atomic E-state index is 11.4. The maximum Gasteiger partial charge on any atom is 0.333 e. The second kappa shape index (κ2) is 5.78. The van der Waals surface area contributed by atoms with Crippen LogP contribution in [0.5, 0.6) is 0 Å². The zero-order chi connectivity index (χ0) is 14.0. The van der Waals surface area contributed by atoms with Crippen molar-refractivity contribution < 1.29 is 14.7 Å². The van der Waals surface area contributed by atoms with Crippen LogP contribution >= 0.6 is 11.8 Å². The summed E-state index contributed by atoms with van der Waals surface area (Å²) in [4.78, 5) is 24.6. The Kier molecular flexibility index (Phi) is 4.30. The van der Waals surface area contributed by atoms with E-state index in [1.54, 1.807) is 18.2 Å². The number of carbonyl (C=O) groups is 1. The summed E-state index contributed by atoms with van der Waals surface area (Å²) in [5, 5.41) is 9.57. The van der Waals surface area contributed by atoms with Crippen LogP contribution in [0.4, 0.5) is 0 Å². The van der Waals surface area contributed by atoms with Gasteiger partial charge in [-0.1, -0.05) is 19.9 Å². The molecule has 0 aromatic heterocycles. The molecular weight excluding hydrogens is 262 g/mol. The fraction of sp³-hybridized carbons (Fsp3) is 0.500. The van der Waals surface area contributed by atoms with Gasteiger partial charge in [-0.3, -0.25) is 4.90 Å². The molecule has 0 amide bonds. The molecule has 1 saturated heterocycles. The molecule has 5 heteroatoms. The average molecular weight is 279 g/mol. The Labute approximate surface area is 116 Å². The second-order valence-corrected chi connectivity index (χ2v) is 6.21. The van der Waals surface area contributed by atoms with Crippen LogP contribution in [0, 0.1) is 5.92 Å². The predicted molar refractivity (Wildman–Crippen MR) is 75.6 cm³/mol. The number of rotatable bonds is 3. The molecule has 2 aliphatic rings. The molecular formula is C14H17NO3S. The lowest BCUT2D eigenvalue weighted by atomic mass is 9.92. The number of carboxylic acids is 1. The highest BCUT2D eigenvalue weighted by Crippen LogP contribution is 2.36. The summed E-state index contributed by atoms with van der Waals surface area (Å²) in [6.07, 6.45) is 4.84. The average Bonchev–Trinajstić information content (AvgIpc) is 2.86. The lowest BCUT2D eigenvalue weighted by molar-refractivity contribution is -0.133. The van der Waals surface area contributed by atoms with Crippen molar-refractivity contribution in [2.45, 2.75) is 25.3 Å². The summed E-state index contributed by atoms with van der Waals surface area (Å²) in [5.74, 6) is 2.29. The van der Waals surface area contributed by atoms with Gasteiger partial charge >= 0.3 is 5.97 Å². The van der Waals surface area contributed by atoms with Crippen LogP contribution in [0.3, 0.4) is 0 Å². The van der Waals surface area contributed by atoms with Gasteiger partial charge in [0.1, 0.15) is 5.94 Å². The van der Waals surface area contributed by atoms with E-state index in [-0.39, 0.29) is 10.9 Å². The third kappa shape index (κ3) is 2.68. The number of hydrogen-bond donors (Lipinski definition) is 1. The van der Waals surface area contributed by atoms with E-state index in [9.17, 15) is 14.7 Å². The standard InChI is InChI=1S/C14H17NO3S/c1-9(2)13-15(6-7-19-13)12-10(8-16)4-3-5-11(12)14(17)18/h3-5,9,12-13H,6-7H2,1-2H3,(H,17,18). The molecule has 1 aliphatic heterocycles. The minimum absolute atomic E-state index is 0.239. The van der Waals surface area contributed by atoms with Gasteiger partial charge in [0.25, 0.3) is 0 Å². The van der Waals surface area contributed by atoms with E-state index in [0.29, 0.717) is 11.5 Å². The molecule has 1 N–H and O–H groups in total. The lowest BCUT2D eigenvalue weighted by Crippen LogP contribution is -2.45. The molecule has 0 saturated carbocycles. The molecule has 0 radical (unpaired) electrons. The lowest BCUT2D eigenvalue weighted by Gasteiger charge is -2.35. The number of carbonyl (C=O) groups excluding carboxylic acids is 1. The Hall–Kier alpha value is -1.29. The molecule has 2 rings (SSSR count). The van der Waals surface area contributed by atoms with Crippen LogP contribution < -0.4 is 0 Å². The van der Waals surface area contributed by atoms with Crippen molar-refractivity contribution in [2.24, 2.45) is 5.92 Å². The Morgan fingerprint density at radius 1 is 1.58 bits per heavy atom. The number of carboxylic acid groups (broad SMARTS) is 1. The molecule has 2 unspecified atom stereocenters. The fourth-order valence-electron chi connectivity index (χ4n) is 2.59. The molecule has 19 heavy (non-hydrogen) atoms. The first-order valence-corrected chi connectivity index (χ1v) is 7.35. The van der Waals surface area contributed by atoms with E-state index in [1.807, 2.05) is 17.7 Å². The van der Waals surface area contributed by atoms with Crippen LogP contribution in [-0.2, 0) is 9.59 Å². The molecule has 0 aromatic rings. The Morgan fingerprint density at radius 2 is 2.32 bits per heavy atom. The zero-order valence-electron chi connectivity index (χ0n) is 11.0. The van der Waals surface area contributed by atoms with Crippen molar-refractivity contribution in [1.82, 2.24) is 4.90 Å². The molecule has 1 aliphatic carbocycles. The largest absolute Gasteiger partial charge is 0.478 e. The normalized spacial score (nSPS) is 27.5. The SMILES string of the molecule is CC(C)C1SCCN1C1C(=C=O)C=CC=C1C(=O)O. The van der Waals surface area contributed by atoms with Gasteiger partial charge in [-0.25, -0.2) is 9.59 Å². The number of hydrogen-bond acceptors (Lipinski definition) is 4. The van der Waals surface area contributed by atoms with Crippen LogP contribution in [0.1, 0.15) is 13.8 Å². The number of nitrogens with zero attached hydrogens (tertiary/aromatic N) is 1. The van der Waals surface area contributed by atoms with Gasteiger partial charge in [0.05, 0.1) is 22.6 Å². The van der Waals surface area contributed by atoms with Crippen molar-refractivity contribution >= 4 is 23.7 Å². The Balaban J connectivity index is 2.38. The predicted octanol–water partition coefficient (Wildman–Crippen LogP) is 1.72. The zero-order valence-corrected chi connectivity index (χ0v) is 11.8. The van der Waals surface area contributed by atoms with E-state index >= 15 is 0 Å². The Morgan fingerprint density at radius 3 is 2.89 bits per heavy atom. The molecule has 0 spiro atoms. The van der Waals surface area contributed by atoms with Crippen molar-refractivity contribution in [3.8, 4) is 0 Å². The molecule has 102 valence electrons. The van der Waals surface area contributed by atoms with Crippen LogP contribution in [0.2, 0.25) is 0 Å². The van der Waals surface area contributed by atoms with E-state index in [1.165, 1.54) is 0 Å². The smallest absolute Gasteiger partial charge is 0.333 e. The van der Waals surface area contributed by atoms with Crippen LogP contribution in [0.25, 0.3) is 0 Å². The van der Waals surface area contributed by atoms with Gasteiger partial charge in [0.15, 0.2) is 0 Å². The number of thioether (sulfide) groups is 1. The van der Waals surface area contributed by atoms with Crippen molar-refractivity contribution in [3.05, 3.63) is 29.4 Å². The number of aliphatic carboxylic acids is 1. The van der Waals surface area contributed by atoms with Gasteiger partial charge in [0.2, 0.25) is 0 Å². The first kappa shape index (κ1) is 14.1. The summed E-state index contributed by atoms with van der Waals surface area (Å²) in [6.45, 7) is 5.02. The highest BCUT2D eigenvalue weighted by molar-refractivity contribution is 8.00. The summed E-state index contributed by atoms with van der Waals surface area (Å²) < 4.78 is 0. The van der Waals surface area contributed by atoms with Gasteiger partial charge < -0.3 is 5.11 Å². The van der Waals surface area contributed by atoms with Crippen LogP contribution in [-0.4, -0.2) is 45.6 Å². The van der Waals surface area contributed by atoms with Crippen molar-refractivity contribution in [3.63, 3.8) is 0 Å². The van der Waals surface area contributed by atoms with E-state index in [0.717, 1.165) is 12.3 Å².